The van der Waals surface area contributed by atoms with Crippen molar-refractivity contribution in [3.05, 3.63) is 24.1 Å². The summed E-state index contributed by atoms with van der Waals surface area (Å²) in [5.74, 6) is 2.01. The Morgan fingerprint density at radius 2 is 2.10 bits per heavy atom. The minimum Gasteiger partial charge on any atom is -0.454 e. The van der Waals surface area contributed by atoms with E-state index in [4.69, 9.17) is 13.9 Å². The van der Waals surface area contributed by atoms with Crippen LogP contribution in [0.4, 0.5) is 11.7 Å². The van der Waals surface area contributed by atoms with Crippen LogP contribution in [0.3, 0.4) is 0 Å². The van der Waals surface area contributed by atoms with Crippen LogP contribution in [0.25, 0.3) is 0 Å². The van der Waals surface area contributed by atoms with Gasteiger partial charge in [-0.05, 0) is 32.0 Å². The van der Waals surface area contributed by atoms with E-state index >= 15 is 0 Å². The normalized spacial score (nSPS) is 14.2. The predicted octanol–water partition coefficient (Wildman–Crippen LogP) is 2.60. The Hall–Kier alpha value is -2.28. The SMILES string of the molecule is CCCNC(C)c1nnc(Nc2ccc3c(c2)OCO3)o1. The van der Waals surface area contributed by atoms with Gasteiger partial charge in [0.25, 0.3) is 0 Å². The number of aromatic nitrogens is 2. The van der Waals surface area contributed by atoms with Crippen LogP contribution in [0.15, 0.2) is 22.6 Å². The second-order valence-electron chi connectivity index (χ2n) is 4.81. The van der Waals surface area contributed by atoms with E-state index in [0.29, 0.717) is 17.7 Å². The summed E-state index contributed by atoms with van der Waals surface area (Å²) in [6.45, 7) is 5.27. The number of rotatable bonds is 6. The highest BCUT2D eigenvalue weighted by atomic mass is 16.7. The lowest BCUT2D eigenvalue weighted by Crippen LogP contribution is -2.19. The number of nitrogens with one attached hydrogen (secondary N) is 2. The van der Waals surface area contributed by atoms with Gasteiger partial charge in [-0.3, -0.25) is 0 Å². The zero-order valence-electron chi connectivity index (χ0n) is 12.0. The van der Waals surface area contributed by atoms with E-state index in [1.165, 1.54) is 0 Å². The van der Waals surface area contributed by atoms with E-state index in [9.17, 15) is 0 Å². The molecule has 112 valence electrons. The second-order valence-corrected chi connectivity index (χ2v) is 4.81. The van der Waals surface area contributed by atoms with Crippen LogP contribution in [-0.4, -0.2) is 23.5 Å². The highest BCUT2D eigenvalue weighted by Gasteiger charge is 2.16. The molecule has 21 heavy (non-hydrogen) atoms. The van der Waals surface area contributed by atoms with Gasteiger partial charge in [-0.2, -0.15) is 0 Å². The first kappa shape index (κ1) is 13.7. The quantitative estimate of drug-likeness (QED) is 0.846. The van der Waals surface area contributed by atoms with Gasteiger partial charge in [0.2, 0.25) is 12.7 Å². The van der Waals surface area contributed by atoms with Crippen molar-refractivity contribution in [1.29, 1.82) is 0 Å². The molecule has 1 aliphatic rings. The summed E-state index contributed by atoms with van der Waals surface area (Å²) in [5, 5.41) is 14.4. The van der Waals surface area contributed by atoms with E-state index in [1.807, 2.05) is 25.1 Å². The van der Waals surface area contributed by atoms with Gasteiger partial charge in [-0.1, -0.05) is 12.0 Å². The summed E-state index contributed by atoms with van der Waals surface area (Å²) in [6.07, 6.45) is 1.06. The molecule has 0 spiro atoms. The molecule has 3 rings (SSSR count). The lowest BCUT2D eigenvalue weighted by atomic mass is 10.3. The van der Waals surface area contributed by atoms with Crippen molar-refractivity contribution >= 4 is 11.7 Å². The van der Waals surface area contributed by atoms with Crippen molar-refractivity contribution in [3.8, 4) is 11.5 Å². The number of hydrogen-bond donors (Lipinski definition) is 2. The molecule has 1 aromatic carbocycles. The Balaban J connectivity index is 1.67. The molecule has 2 aromatic rings. The van der Waals surface area contributed by atoms with E-state index < -0.39 is 0 Å². The predicted molar refractivity (Wildman–Crippen MR) is 76.9 cm³/mol. The highest BCUT2D eigenvalue weighted by molar-refractivity contribution is 5.59. The molecule has 0 bridgehead atoms. The molecular formula is C14H18N4O3. The molecule has 7 nitrogen and oxygen atoms in total. The molecule has 1 aromatic heterocycles. The van der Waals surface area contributed by atoms with Crippen LogP contribution in [0.2, 0.25) is 0 Å². The fourth-order valence-corrected chi connectivity index (χ4v) is 2.01. The molecule has 0 saturated heterocycles. The molecular weight excluding hydrogens is 272 g/mol. The van der Waals surface area contributed by atoms with Crippen LogP contribution in [0.1, 0.15) is 32.2 Å². The molecule has 2 N–H and O–H groups in total. The highest BCUT2D eigenvalue weighted by Crippen LogP contribution is 2.35. The molecule has 1 unspecified atom stereocenters. The molecule has 0 fully saturated rings. The third kappa shape index (κ3) is 3.08. The summed E-state index contributed by atoms with van der Waals surface area (Å²) in [4.78, 5) is 0. The van der Waals surface area contributed by atoms with E-state index in [-0.39, 0.29) is 12.8 Å². The molecule has 0 amide bonds. The fraction of sp³-hybridized carbons (Fsp3) is 0.429. The number of fused-ring (bicyclic) bond motifs is 1. The van der Waals surface area contributed by atoms with Gasteiger partial charge < -0.3 is 24.5 Å². The first-order chi connectivity index (χ1) is 10.3. The third-order valence-corrected chi connectivity index (χ3v) is 3.14. The maximum Gasteiger partial charge on any atom is 0.320 e. The molecule has 1 atom stereocenters. The first-order valence-electron chi connectivity index (χ1n) is 6.99. The number of ether oxygens (including phenoxy) is 2. The summed E-state index contributed by atoms with van der Waals surface area (Å²) in [5.41, 5.74) is 0.809. The number of hydrogen-bond acceptors (Lipinski definition) is 7. The third-order valence-electron chi connectivity index (χ3n) is 3.14. The Morgan fingerprint density at radius 1 is 1.24 bits per heavy atom. The van der Waals surface area contributed by atoms with Crippen LogP contribution in [0, 0.1) is 0 Å². The monoisotopic (exact) mass is 290 g/mol. The van der Waals surface area contributed by atoms with Crippen LogP contribution >= 0.6 is 0 Å². The standard InChI is InChI=1S/C14H18N4O3/c1-3-6-15-9(2)13-17-18-14(21-13)16-10-4-5-11-12(7-10)20-8-19-11/h4-5,7,9,15H,3,6,8H2,1-2H3,(H,16,18). The Morgan fingerprint density at radius 3 is 2.95 bits per heavy atom. The van der Waals surface area contributed by atoms with Crippen molar-refractivity contribution in [2.24, 2.45) is 0 Å². The van der Waals surface area contributed by atoms with E-state index in [2.05, 4.69) is 27.8 Å². The lowest BCUT2D eigenvalue weighted by Gasteiger charge is -2.07. The van der Waals surface area contributed by atoms with Crippen molar-refractivity contribution in [2.75, 3.05) is 18.7 Å². The average Bonchev–Trinajstić information content (AvgIpc) is 3.13. The molecule has 0 saturated carbocycles. The van der Waals surface area contributed by atoms with Crippen LogP contribution < -0.4 is 20.1 Å². The van der Waals surface area contributed by atoms with Gasteiger partial charge in [0.15, 0.2) is 11.5 Å². The van der Waals surface area contributed by atoms with Crippen LogP contribution in [0.5, 0.6) is 11.5 Å². The molecule has 0 radical (unpaired) electrons. The smallest absolute Gasteiger partial charge is 0.320 e. The summed E-state index contributed by atoms with van der Waals surface area (Å²) in [6, 6.07) is 5.94. The summed E-state index contributed by atoms with van der Waals surface area (Å²) in [7, 11) is 0. The zero-order valence-corrected chi connectivity index (χ0v) is 12.0. The van der Waals surface area contributed by atoms with Crippen LogP contribution in [-0.2, 0) is 0 Å². The van der Waals surface area contributed by atoms with Gasteiger partial charge in [0.1, 0.15) is 0 Å². The fourth-order valence-electron chi connectivity index (χ4n) is 2.01. The van der Waals surface area contributed by atoms with Gasteiger partial charge in [-0.25, -0.2) is 0 Å². The van der Waals surface area contributed by atoms with Gasteiger partial charge >= 0.3 is 6.01 Å². The Kier molecular flexibility index (Phi) is 3.92. The van der Waals surface area contributed by atoms with Gasteiger partial charge in [-0.15, -0.1) is 5.10 Å². The van der Waals surface area contributed by atoms with Gasteiger partial charge in [0.05, 0.1) is 6.04 Å². The molecule has 0 aliphatic carbocycles. The summed E-state index contributed by atoms with van der Waals surface area (Å²) < 4.78 is 16.2. The van der Waals surface area contributed by atoms with Gasteiger partial charge in [0, 0.05) is 11.8 Å². The number of benzene rings is 1. The summed E-state index contributed by atoms with van der Waals surface area (Å²) >= 11 is 0. The first-order valence-corrected chi connectivity index (χ1v) is 6.99. The number of nitrogens with zero attached hydrogens (tertiary/aromatic N) is 2. The van der Waals surface area contributed by atoms with Crippen molar-refractivity contribution in [1.82, 2.24) is 15.5 Å². The minimum absolute atomic E-state index is 0.0322. The topological polar surface area (TPSA) is 81.4 Å². The van der Waals surface area contributed by atoms with E-state index in [0.717, 1.165) is 24.4 Å². The minimum atomic E-state index is 0.0322. The largest absolute Gasteiger partial charge is 0.454 e. The molecule has 7 heteroatoms. The maximum absolute atomic E-state index is 5.60. The van der Waals surface area contributed by atoms with Crippen molar-refractivity contribution < 1.29 is 13.9 Å². The Bertz CT molecular complexity index is 614. The Labute approximate surface area is 122 Å². The zero-order chi connectivity index (χ0) is 14.7. The molecule has 1 aliphatic heterocycles. The maximum atomic E-state index is 5.60. The van der Waals surface area contributed by atoms with Crippen molar-refractivity contribution in [2.45, 2.75) is 26.3 Å². The number of anilines is 2. The molecule has 2 heterocycles. The second kappa shape index (κ2) is 6.01. The van der Waals surface area contributed by atoms with Crippen molar-refractivity contribution in [3.63, 3.8) is 0 Å². The lowest BCUT2D eigenvalue weighted by molar-refractivity contribution is 0.174. The van der Waals surface area contributed by atoms with E-state index in [1.54, 1.807) is 0 Å². The average molecular weight is 290 g/mol.